The highest BCUT2D eigenvalue weighted by Crippen LogP contribution is 2.36. The van der Waals surface area contributed by atoms with Gasteiger partial charge in [-0.05, 0) is 42.5 Å². The summed E-state index contributed by atoms with van der Waals surface area (Å²) in [6.45, 7) is 0.446. The highest BCUT2D eigenvalue weighted by atomic mass is 35.5. The van der Waals surface area contributed by atoms with Gasteiger partial charge in [-0.15, -0.1) is 12.4 Å². The van der Waals surface area contributed by atoms with Crippen molar-refractivity contribution in [1.29, 1.82) is 0 Å². The highest BCUT2D eigenvalue weighted by Gasteiger charge is 2.29. The minimum atomic E-state index is -0.282. The van der Waals surface area contributed by atoms with Crippen LogP contribution in [0.2, 0.25) is 0 Å². The maximum Gasteiger partial charge on any atom is 0.251 e. The summed E-state index contributed by atoms with van der Waals surface area (Å²) >= 11 is 0. The molecule has 1 fully saturated rings. The molecule has 0 aromatic heterocycles. The first-order chi connectivity index (χ1) is 11.7. The van der Waals surface area contributed by atoms with Crippen LogP contribution in [0.5, 0.6) is 0 Å². The summed E-state index contributed by atoms with van der Waals surface area (Å²) < 4.78 is 14.3. The Morgan fingerprint density at radius 3 is 2.36 bits per heavy atom. The molecule has 0 spiro atoms. The smallest absolute Gasteiger partial charge is 0.251 e. The van der Waals surface area contributed by atoms with Crippen molar-refractivity contribution in [2.45, 2.75) is 38.3 Å². The molecule has 5 heteroatoms. The summed E-state index contributed by atoms with van der Waals surface area (Å²) in [5.41, 5.74) is 7.72. The zero-order valence-electron chi connectivity index (χ0n) is 14.1. The third kappa shape index (κ3) is 4.59. The molecule has 1 saturated carbocycles. The van der Waals surface area contributed by atoms with Crippen molar-refractivity contribution >= 4 is 18.3 Å². The Hall–Kier alpha value is -1.91. The van der Waals surface area contributed by atoms with Crippen LogP contribution in [0.4, 0.5) is 4.39 Å². The fraction of sp³-hybridized carbons (Fsp3) is 0.350. The van der Waals surface area contributed by atoms with Crippen molar-refractivity contribution in [1.82, 2.24) is 5.32 Å². The summed E-state index contributed by atoms with van der Waals surface area (Å²) in [6, 6.07) is 13.7. The minimum absolute atomic E-state index is 0. The number of benzene rings is 2. The summed E-state index contributed by atoms with van der Waals surface area (Å²) in [4.78, 5) is 12.6. The quantitative estimate of drug-likeness (QED) is 0.829. The van der Waals surface area contributed by atoms with E-state index in [1.807, 2.05) is 18.2 Å². The van der Waals surface area contributed by atoms with Crippen LogP contribution in [0.1, 0.15) is 53.2 Å². The predicted molar refractivity (Wildman–Crippen MR) is 100 cm³/mol. The third-order valence-corrected chi connectivity index (χ3v) is 4.85. The summed E-state index contributed by atoms with van der Waals surface area (Å²) in [5.74, 6) is -0.138. The van der Waals surface area contributed by atoms with Crippen molar-refractivity contribution in [3.63, 3.8) is 0 Å². The van der Waals surface area contributed by atoms with E-state index in [4.69, 9.17) is 5.73 Å². The molecule has 3 nitrogen and oxygen atoms in total. The highest BCUT2D eigenvalue weighted by molar-refractivity contribution is 5.94. The molecule has 0 saturated heterocycles. The largest absolute Gasteiger partial charge is 0.345 e. The van der Waals surface area contributed by atoms with E-state index in [0.29, 0.717) is 17.7 Å². The number of hydrogen-bond acceptors (Lipinski definition) is 2. The first-order valence-electron chi connectivity index (χ1n) is 8.53. The van der Waals surface area contributed by atoms with Crippen LogP contribution in [-0.2, 0) is 6.54 Å². The second kappa shape index (κ2) is 8.97. The van der Waals surface area contributed by atoms with Crippen LogP contribution >= 0.6 is 12.4 Å². The minimum Gasteiger partial charge on any atom is -0.345 e. The lowest BCUT2D eigenvalue weighted by atomic mass is 9.91. The standard InChI is InChI=1S/C20H23FN2O.ClH/c21-18-8-4-3-7-17(18)19(15-5-1-2-6-15)23-20(24)16-11-9-14(13-22)10-12-16;/h3-4,7-12,15,19H,1-2,5-6,13,22H2,(H,23,24);1H. The third-order valence-electron chi connectivity index (χ3n) is 4.85. The van der Waals surface area contributed by atoms with Crippen molar-refractivity contribution in [2.75, 3.05) is 0 Å². The van der Waals surface area contributed by atoms with Crippen molar-refractivity contribution in [3.8, 4) is 0 Å². The molecule has 1 unspecified atom stereocenters. The second-order valence-electron chi connectivity index (χ2n) is 6.42. The maximum atomic E-state index is 14.3. The lowest BCUT2D eigenvalue weighted by Gasteiger charge is -2.25. The van der Waals surface area contributed by atoms with Gasteiger partial charge in [0.1, 0.15) is 5.82 Å². The fourth-order valence-corrected chi connectivity index (χ4v) is 3.48. The number of halogens is 2. The zero-order chi connectivity index (χ0) is 16.9. The monoisotopic (exact) mass is 362 g/mol. The van der Waals surface area contributed by atoms with E-state index < -0.39 is 0 Å². The lowest BCUT2D eigenvalue weighted by Crippen LogP contribution is -2.33. The van der Waals surface area contributed by atoms with Crippen LogP contribution in [0, 0.1) is 11.7 Å². The molecule has 134 valence electrons. The molecule has 0 heterocycles. The van der Waals surface area contributed by atoms with Crippen LogP contribution in [-0.4, -0.2) is 5.91 Å². The Kier molecular flexibility index (Phi) is 6.97. The Morgan fingerprint density at radius 1 is 1.12 bits per heavy atom. The Balaban J connectivity index is 0.00000225. The van der Waals surface area contributed by atoms with Crippen molar-refractivity contribution in [2.24, 2.45) is 11.7 Å². The summed E-state index contributed by atoms with van der Waals surface area (Å²) in [6.07, 6.45) is 4.31. The molecule has 0 aliphatic heterocycles. The van der Waals surface area contributed by atoms with Gasteiger partial charge >= 0.3 is 0 Å². The molecule has 1 amide bonds. The number of nitrogens with two attached hydrogens (primary N) is 1. The normalized spacial score (nSPS) is 15.4. The molecular weight excluding hydrogens is 339 g/mol. The van der Waals surface area contributed by atoms with Gasteiger partial charge in [0.05, 0.1) is 6.04 Å². The second-order valence-corrected chi connectivity index (χ2v) is 6.42. The van der Waals surface area contributed by atoms with E-state index in [9.17, 15) is 9.18 Å². The van der Waals surface area contributed by atoms with E-state index in [-0.39, 0.29) is 36.1 Å². The Bertz CT molecular complexity index is 699. The number of carbonyl (C=O) groups is 1. The first-order valence-corrected chi connectivity index (χ1v) is 8.53. The Labute approximate surface area is 154 Å². The maximum absolute atomic E-state index is 14.3. The van der Waals surface area contributed by atoms with E-state index >= 15 is 0 Å². The molecule has 2 aromatic rings. The molecule has 0 radical (unpaired) electrons. The molecule has 1 aliphatic carbocycles. The number of rotatable bonds is 5. The fourth-order valence-electron chi connectivity index (χ4n) is 3.48. The molecule has 1 aliphatic rings. The van der Waals surface area contributed by atoms with Gasteiger partial charge in [-0.3, -0.25) is 4.79 Å². The lowest BCUT2D eigenvalue weighted by molar-refractivity contribution is 0.0921. The number of amides is 1. The van der Waals surface area contributed by atoms with Gasteiger partial charge in [-0.25, -0.2) is 4.39 Å². The van der Waals surface area contributed by atoms with Gasteiger partial charge < -0.3 is 11.1 Å². The van der Waals surface area contributed by atoms with Crippen LogP contribution in [0.25, 0.3) is 0 Å². The molecular formula is C20H24ClFN2O. The number of nitrogens with one attached hydrogen (secondary N) is 1. The van der Waals surface area contributed by atoms with E-state index in [2.05, 4.69) is 5.32 Å². The number of hydrogen-bond donors (Lipinski definition) is 2. The van der Waals surface area contributed by atoms with E-state index in [1.54, 1.807) is 24.3 Å². The van der Waals surface area contributed by atoms with E-state index in [0.717, 1.165) is 31.2 Å². The van der Waals surface area contributed by atoms with Crippen LogP contribution in [0.3, 0.4) is 0 Å². The van der Waals surface area contributed by atoms with Crippen LogP contribution in [0.15, 0.2) is 48.5 Å². The van der Waals surface area contributed by atoms with Crippen molar-refractivity contribution < 1.29 is 9.18 Å². The molecule has 2 aromatic carbocycles. The van der Waals surface area contributed by atoms with E-state index in [1.165, 1.54) is 6.07 Å². The predicted octanol–water partition coefficient (Wildman–Crippen LogP) is 4.37. The molecule has 3 N–H and O–H groups in total. The van der Waals surface area contributed by atoms with Gasteiger partial charge in [-0.1, -0.05) is 43.2 Å². The molecule has 25 heavy (non-hydrogen) atoms. The van der Waals surface area contributed by atoms with Gasteiger partial charge in [0.15, 0.2) is 0 Å². The molecule has 0 bridgehead atoms. The summed E-state index contributed by atoms with van der Waals surface area (Å²) in [7, 11) is 0. The summed E-state index contributed by atoms with van der Waals surface area (Å²) in [5, 5.41) is 3.06. The first kappa shape index (κ1) is 19.4. The average Bonchev–Trinajstić information content (AvgIpc) is 3.15. The van der Waals surface area contributed by atoms with Gasteiger partial charge in [0.2, 0.25) is 0 Å². The average molecular weight is 363 g/mol. The van der Waals surface area contributed by atoms with Crippen LogP contribution < -0.4 is 11.1 Å². The SMILES string of the molecule is Cl.NCc1ccc(C(=O)NC(c2ccccc2F)C2CCCC2)cc1. The van der Waals surface area contributed by atoms with Gasteiger partial charge in [0.25, 0.3) is 5.91 Å². The Morgan fingerprint density at radius 2 is 1.76 bits per heavy atom. The molecule has 3 rings (SSSR count). The van der Waals surface area contributed by atoms with Gasteiger partial charge in [0, 0.05) is 17.7 Å². The topological polar surface area (TPSA) is 55.1 Å². The zero-order valence-corrected chi connectivity index (χ0v) is 14.9. The number of carbonyl (C=O) groups excluding carboxylic acids is 1. The van der Waals surface area contributed by atoms with Crippen molar-refractivity contribution in [3.05, 3.63) is 71.0 Å². The van der Waals surface area contributed by atoms with Gasteiger partial charge in [-0.2, -0.15) is 0 Å². The molecule has 1 atom stereocenters.